The number of benzene rings is 2. The Morgan fingerprint density at radius 3 is 2.47 bits per heavy atom. The predicted molar refractivity (Wildman–Crippen MR) is 114 cm³/mol. The fraction of sp³-hybridized carbons (Fsp3) is 0.182. The topological polar surface area (TPSA) is 91.4 Å². The largest absolute Gasteiger partial charge is 0.325 e. The van der Waals surface area contributed by atoms with E-state index in [-0.39, 0.29) is 6.54 Å². The van der Waals surface area contributed by atoms with Crippen LogP contribution in [0, 0.1) is 0 Å². The molecule has 1 aliphatic rings. The quantitative estimate of drug-likeness (QED) is 0.600. The van der Waals surface area contributed by atoms with Gasteiger partial charge in [0.25, 0.3) is 5.91 Å². The van der Waals surface area contributed by atoms with Gasteiger partial charge in [-0.2, -0.15) is 0 Å². The summed E-state index contributed by atoms with van der Waals surface area (Å²) in [6.07, 6.45) is 2.43. The summed E-state index contributed by atoms with van der Waals surface area (Å²) in [5.41, 5.74) is 0.623. The number of imide groups is 1. The SMILES string of the molecule is CC1(c2ccccc2)NC(=O)N(CC(=O)Nc2ncc(Cc3ccccc3)s2)C1=O. The third-order valence-corrected chi connectivity index (χ3v) is 5.86. The lowest BCUT2D eigenvalue weighted by atomic mass is 9.92. The van der Waals surface area contributed by atoms with Crippen LogP contribution in [0.4, 0.5) is 9.93 Å². The van der Waals surface area contributed by atoms with Gasteiger partial charge in [-0.15, -0.1) is 11.3 Å². The molecule has 2 aromatic carbocycles. The van der Waals surface area contributed by atoms with Gasteiger partial charge in [0.15, 0.2) is 5.13 Å². The highest BCUT2D eigenvalue weighted by Crippen LogP contribution is 2.28. The van der Waals surface area contributed by atoms with Crippen molar-refractivity contribution >= 4 is 34.3 Å². The van der Waals surface area contributed by atoms with Crippen LogP contribution in [0.15, 0.2) is 66.9 Å². The van der Waals surface area contributed by atoms with Crippen LogP contribution >= 0.6 is 11.3 Å². The van der Waals surface area contributed by atoms with E-state index in [0.717, 1.165) is 21.8 Å². The zero-order chi connectivity index (χ0) is 21.1. The van der Waals surface area contributed by atoms with Crippen molar-refractivity contribution in [3.63, 3.8) is 0 Å². The number of carbonyl (C=O) groups excluding carboxylic acids is 3. The third kappa shape index (κ3) is 3.95. The Morgan fingerprint density at radius 1 is 1.10 bits per heavy atom. The maximum Gasteiger partial charge on any atom is 0.325 e. The zero-order valence-corrected chi connectivity index (χ0v) is 17.1. The van der Waals surface area contributed by atoms with Gasteiger partial charge in [0.2, 0.25) is 5.91 Å². The monoisotopic (exact) mass is 420 g/mol. The second-order valence-electron chi connectivity index (χ2n) is 7.15. The highest BCUT2D eigenvalue weighted by Gasteiger charge is 2.49. The van der Waals surface area contributed by atoms with Gasteiger partial charge in [-0.3, -0.25) is 14.5 Å². The van der Waals surface area contributed by atoms with Gasteiger partial charge in [0.1, 0.15) is 12.1 Å². The van der Waals surface area contributed by atoms with Crippen LogP contribution in [-0.4, -0.2) is 34.3 Å². The number of hydrogen-bond acceptors (Lipinski definition) is 5. The number of anilines is 1. The molecule has 0 bridgehead atoms. The maximum atomic E-state index is 12.9. The van der Waals surface area contributed by atoms with Crippen molar-refractivity contribution in [3.05, 3.63) is 82.9 Å². The Hall–Kier alpha value is -3.52. The first-order valence-corrected chi connectivity index (χ1v) is 10.3. The minimum Gasteiger partial charge on any atom is -0.319 e. The molecule has 1 saturated heterocycles. The van der Waals surface area contributed by atoms with E-state index in [1.807, 2.05) is 36.4 Å². The molecule has 2 N–H and O–H groups in total. The molecule has 3 aromatic rings. The van der Waals surface area contributed by atoms with Gasteiger partial charge in [0, 0.05) is 17.5 Å². The van der Waals surface area contributed by atoms with Crippen LogP contribution < -0.4 is 10.6 Å². The summed E-state index contributed by atoms with van der Waals surface area (Å²) in [6.45, 7) is 1.26. The van der Waals surface area contributed by atoms with Gasteiger partial charge in [-0.05, 0) is 18.1 Å². The molecule has 0 aliphatic carbocycles. The van der Waals surface area contributed by atoms with Gasteiger partial charge < -0.3 is 10.6 Å². The number of carbonyl (C=O) groups is 3. The standard InChI is InChI=1S/C22H20N4O3S/c1-22(16-10-6-3-7-11-16)19(28)26(21(29)25-22)14-18(27)24-20-23-13-17(30-20)12-15-8-4-2-5-9-15/h2-11,13H,12,14H2,1H3,(H,25,29)(H,23,24,27). The number of nitrogens with zero attached hydrogens (tertiary/aromatic N) is 2. The molecular formula is C22H20N4O3S. The minimum absolute atomic E-state index is 0.374. The van der Waals surface area contributed by atoms with Crippen LogP contribution in [-0.2, 0) is 21.5 Å². The Balaban J connectivity index is 1.40. The molecule has 8 heteroatoms. The summed E-state index contributed by atoms with van der Waals surface area (Å²) >= 11 is 1.37. The van der Waals surface area contributed by atoms with Crippen molar-refractivity contribution < 1.29 is 14.4 Å². The van der Waals surface area contributed by atoms with Gasteiger partial charge in [0.05, 0.1) is 0 Å². The highest BCUT2D eigenvalue weighted by molar-refractivity contribution is 7.15. The van der Waals surface area contributed by atoms with Crippen molar-refractivity contribution in [2.24, 2.45) is 0 Å². The van der Waals surface area contributed by atoms with Crippen LogP contribution in [0.5, 0.6) is 0 Å². The number of thiazole rings is 1. The molecule has 4 rings (SSSR count). The average molecular weight is 420 g/mol. The van der Waals surface area contributed by atoms with Crippen molar-refractivity contribution in [2.75, 3.05) is 11.9 Å². The van der Waals surface area contributed by atoms with Gasteiger partial charge in [-0.1, -0.05) is 60.7 Å². The van der Waals surface area contributed by atoms with Gasteiger partial charge in [-0.25, -0.2) is 9.78 Å². The minimum atomic E-state index is -1.19. The number of nitrogens with one attached hydrogen (secondary N) is 2. The molecule has 2 heterocycles. The number of hydrogen-bond donors (Lipinski definition) is 2. The molecule has 1 unspecified atom stereocenters. The lowest BCUT2D eigenvalue weighted by Gasteiger charge is -2.21. The van der Waals surface area contributed by atoms with E-state index in [4.69, 9.17) is 0 Å². The van der Waals surface area contributed by atoms with E-state index < -0.39 is 23.4 Å². The summed E-state index contributed by atoms with van der Waals surface area (Å²) in [6, 6.07) is 18.3. The lowest BCUT2D eigenvalue weighted by Crippen LogP contribution is -2.42. The molecule has 1 aliphatic heterocycles. The number of aromatic nitrogens is 1. The summed E-state index contributed by atoms with van der Waals surface area (Å²) in [7, 11) is 0. The van der Waals surface area contributed by atoms with Crippen LogP contribution in [0.3, 0.4) is 0 Å². The van der Waals surface area contributed by atoms with Crippen molar-refractivity contribution in [1.29, 1.82) is 0 Å². The van der Waals surface area contributed by atoms with E-state index in [1.165, 1.54) is 11.3 Å². The van der Waals surface area contributed by atoms with E-state index >= 15 is 0 Å². The normalized spacial score (nSPS) is 18.4. The summed E-state index contributed by atoms with van der Waals surface area (Å²) in [5, 5.41) is 5.80. The number of rotatable bonds is 6. The summed E-state index contributed by atoms with van der Waals surface area (Å²) < 4.78 is 0. The number of amides is 4. The smallest absolute Gasteiger partial charge is 0.319 e. The Kier molecular flexibility index (Phi) is 5.33. The molecule has 7 nitrogen and oxygen atoms in total. The van der Waals surface area contributed by atoms with E-state index in [1.54, 1.807) is 37.4 Å². The van der Waals surface area contributed by atoms with E-state index in [9.17, 15) is 14.4 Å². The second-order valence-corrected chi connectivity index (χ2v) is 8.27. The fourth-order valence-corrected chi connectivity index (χ4v) is 4.22. The number of urea groups is 1. The maximum absolute atomic E-state index is 12.9. The van der Waals surface area contributed by atoms with Crippen molar-refractivity contribution in [3.8, 4) is 0 Å². The average Bonchev–Trinajstić information content (AvgIpc) is 3.27. The first-order chi connectivity index (χ1) is 14.5. The summed E-state index contributed by atoms with van der Waals surface area (Å²) in [4.78, 5) is 43.9. The Labute approximate surface area is 177 Å². The first kappa shape index (κ1) is 19.8. The lowest BCUT2D eigenvalue weighted by molar-refractivity contribution is -0.133. The molecule has 1 fully saturated rings. The molecule has 30 heavy (non-hydrogen) atoms. The van der Waals surface area contributed by atoms with Crippen molar-refractivity contribution in [2.45, 2.75) is 18.9 Å². The van der Waals surface area contributed by atoms with Crippen LogP contribution in [0.2, 0.25) is 0 Å². The summed E-state index contributed by atoms with van der Waals surface area (Å²) in [5.74, 6) is -0.936. The molecule has 1 aromatic heterocycles. The molecule has 0 saturated carbocycles. The fourth-order valence-electron chi connectivity index (χ4n) is 3.35. The Morgan fingerprint density at radius 2 is 1.77 bits per heavy atom. The zero-order valence-electron chi connectivity index (χ0n) is 16.3. The predicted octanol–water partition coefficient (Wildman–Crippen LogP) is 3.14. The van der Waals surface area contributed by atoms with Crippen LogP contribution in [0.1, 0.15) is 22.9 Å². The molecule has 4 amide bonds. The van der Waals surface area contributed by atoms with Crippen LogP contribution in [0.25, 0.3) is 0 Å². The van der Waals surface area contributed by atoms with Gasteiger partial charge >= 0.3 is 6.03 Å². The Bertz CT molecular complexity index is 1080. The van der Waals surface area contributed by atoms with E-state index in [0.29, 0.717) is 10.7 Å². The molecule has 0 spiro atoms. The second kappa shape index (κ2) is 8.08. The molecular weight excluding hydrogens is 400 g/mol. The molecule has 1 atom stereocenters. The molecule has 152 valence electrons. The van der Waals surface area contributed by atoms with Crippen molar-refractivity contribution in [1.82, 2.24) is 15.2 Å². The van der Waals surface area contributed by atoms with E-state index in [2.05, 4.69) is 15.6 Å². The highest BCUT2D eigenvalue weighted by atomic mass is 32.1. The first-order valence-electron chi connectivity index (χ1n) is 9.44. The molecule has 0 radical (unpaired) electrons. The third-order valence-electron chi connectivity index (χ3n) is 4.95.